The molecule has 0 aliphatic heterocycles. The molecule has 1 heterocycles. The zero-order chi connectivity index (χ0) is 20.9. The van der Waals surface area contributed by atoms with Crippen LogP contribution in [0.25, 0.3) is 0 Å². The normalized spacial score (nSPS) is 10.9. The summed E-state index contributed by atoms with van der Waals surface area (Å²) in [4.78, 5) is 12.8. The Morgan fingerprint density at radius 3 is 2.41 bits per heavy atom. The van der Waals surface area contributed by atoms with Gasteiger partial charge in [-0.15, -0.1) is 0 Å². The number of benzene rings is 1. The zero-order valence-corrected chi connectivity index (χ0v) is 16.9. The Hall–Kier alpha value is -2.56. The molecular formula is C19H29FN6O3. The van der Waals surface area contributed by atoms with Crippen LogP contribution in [0, 0.1) is 5.82 Å². The van der Waals surface area contributed by atoms with Crippen LogP contribution in [0.5, 0.6) is 6.01 Å². The van der Waals surface area contributed by atoms with Crippen LogP contribution in [0.2, 0.25) is 0 Å². The average molecular weight is 408 g/mol. The molecule has 0 unspecified atom stereocenters. The molecule has 0 saturated heterocycles. The molecule has 0 spiro atoms. The predicted molar refractivity (Wildman–Crippen MR) is 108 cm³/mol. The van der Waals surface area contributed by atoms with Crippen molar-refractivity contribution in [3.05, 3.63) is 35.6 Å². The fourth-order valence-electron chi connectivity index (χ4n) is 2.25. The number of halogens is 1. The van der Waals surface area contributed by atoms with Crippen molar-refractivity contribution in [3.8, 4) is 6.01 Å². The lowest BCUT2D eigenvalue weighted by Gasteiger charge is -2.12. The first-order valence-corrected chi connectivity index (χ1v) is 9.57. The van der Waals surface area contributed by atoms with Crippen LogP contribution in [-0.2, 0) is 16.0 Å². The van der Waals surface area contributed by atoms with Crippen molar-refractivity contribution >= 4 is 11.9 Å². The van der Waals surface area contributed by atoms with Crippen molar-refractivity contribution in [3.63, 3.8) is 0 Å². The molecule has 2 rings (SSSR count). The van der Waals surface area contributed by atoms with E-state index in [4.69, 9.17) is 19.9 Å². The third kappa shape index (κ3) is 9.46. The number of hydrogen-bond donors (Lipinski definition) is 3. The van der Waals surface area contributed by atoms with Gasteiger partial charge in [-0.3, -0.25) is 0 Å². The fraction of sp³-hybridized carbons (Fsp3) is 0.526. The molecule has 0 aliphatic rings. The SMILES string of the molecule is CC(C)Oc1nc(NCCOCCOCCN)nc(NCc2cccc(F)c2)n1. The Kier molecular flexibility index (Phi) is 10.0. The molecule has 0 amide bonds. The van der Waals surface area contributed by atoms with E-state index in [2.05, 4.69) is 25.6 Å². The van der Waals surface area contributed by atoms with Gasteiger partial charge in [-0.05, 0) is 31.5 Å². The highest BCUT2D eigenvalue weighted by Gasteiger charge is 2.09. The molecule has 0 bridgehead atoms. The summed E-state index contributed by atoms with van der Waals surface area (Å²) < 4.78 is 29.6. The quantitative estimate of drug-likeness (QED) is 0.402. The number of nitrogens with two attached hydrogens (primary N) is 1. The molecule has 1 aromatic carbocycles. The summed E-state index contributed by atoms with van der Waals surface area (Å²) in [6, 6.07) is 6.52. The molecule has 4 N–H and O–H groups in total. The number of rotatable bonds is 14. The van der Waals surface area contributed by atoms with E-state index in [9.17, 15) is 4.39 Å². The van der Waals surface area contributed by atoms with E-state index in [1.807, 2.05) is 19.9 Å². The molecule has 2 aromatic rings. The summed E-state index contributed by atoms with van der Waals surface area (Å²) >= 11 is 0. The summed E-state index contributed by atoms with van der Waals surface area (Å²) in [5.41, 5.74) is 6.12. The molecule has 160 valence electrons. The van der Waals surface area contributed by atoms with Crippen LogP contribution in [0.4, 0.5) is 16.3 Å². The monoisotopic (exact) mass is 408 g/mol. The van der Waals surface area contributed by atoms with E-state index in [1.54, 1.807) is 6.07 Å². The molecule has 0 atom stereocenters. The first-order chi connectivity index (χ1) is 14.1. The summed E-state index contributed by atoms with van der Waals surface area (Å²) in [5.74, 6) is 0.401. The lowest BCUT2D eigenvalue weighted by Crippen LogP contribution is -2.17. The number of nitrogens with one attached hydrogen (secondary N) is 2. The van der Waals surface area contributed by atoms with Crippen molar-refractivity contribution in [1.82, 2.24) is 15.0 Å². The Balaban J connectivity index is 1.88. The van der Waals surface area contributed by atoms with Crippen molar-refractivity contribution in [1.29, 1.82) is 0 Å². The Bertz CT molecular complexity index is 735. The van der Waals surface area contributed by atoms with E-state index >= 15 is 0 Å². The Morgan fingerprint density at radius 2 is 1.72 bits per heavy atom. The molecular weight excluding hydrogens is 379 g/mol. The lowest BCUT2D eigenvalue weighted by atomic mass is 10.2. The van der Waals surface area contributed by atoms with Crippen LogP contribution in [0.15, 0.2) is 24.3 Å². The Labute approximate surface area is 170 Å². The average Bonchev–Trinajstić information content (AvgIpc) is 2.68. The maximum absolute atomic E-state index is 13.3. The van der Waals surface area contributed by atoms with Gasteiger partial charge in [0.25, 0.3) is 0 Å². The molecule has 0 aliphatic carbocycles. The van der Waals surface area contributed by atoms with Gasteiger partial charge in [0.05, 0.1) is 32.5 Å². The van der Waals surface area contributed by atoms with E-state index in [1.165, 1.54) is 12.1 Å². The van der Waals surface area contributed by atoms with E-state index in [-0.39, 0.29) is 17.9 Å². The largest absolute Gasteiger partial charge is 0.461 e. The number of hydrogen-bond acceptors (Lipinski definition) is 9. The minimum atomic E-state index is -0.292. The predicted octanol–water partition coefficient (Wildman–Crippen LogP) is 1.81. The number of aromatic nitrogens is 3. The van der Waals surface area contributed by atoms with Crippen molar-refractivity contribution < 1.29 is 18.6 Å². The van der Waals surface area contributed by atoms with E-state index < -0.39 is 0 Å². The van der Waals surface area contributed by atoms with Gasteiger partial charge in [0.15, 0.2) is 0 Å². The third-order valence-electron chi connectivity index (χ3n) is 3.46. The van der Waals surface area contributed by atoms with Crippen LogP contribution in [0.1, 0.15) is 19.4 Å². The summed E-state index contributed by atoms with van der Waals surface area (Å²) in [5, 5.41) is 6.15. The van der Waals surface area contributed by atoms with Crippen molar-refractivity contribution in [2.45, 2.75) is 26.5 Å². The van der Waals surface area contributed by atoms with Gasteiger partial charge in [-0.1, -0.05) is 12.1 Å². The fourth-order valence-corrected chi connectivity index (χ4v) is 2.25. The third-order valence-corrected chi connectivity index (χ3v) is 3.46. The maximum atomic E-state index is 13.3. The molecule has 0 radical (unpaired) electrons. The van der Waals surface area contributed by atoms with Crippen molar-refractivity contribution in [2.75, 3.05) is 50.2 Å². The van der Waals surface area contributed by atoms with Gasteiger partial charge in [-0.2, -0.15) is 15.0 Å². The zero-order valence-electron chi connectivity index (χ0n) is 16.9. The number of ether oxygens (including phenoxy) is 3. The van der Waals surface area contributed by atoms with Gasteiger partial charge in [0.1, 0.15) is 5.82 Å². The van der Waals surface area contributed by atoms with Crippen LogP contribution < -0.4 is 21.1 Å². The number of anilines is 2. The molecule has 29 heavy (non-hydrogen) atoms. The summed E-state index contributed by atoms with van der Waals surface area (Å²) in [7, 11) is 0. The highest BCUT2D eigenvalue weighted by Crippen LogP contribution is 2.14. The Morgan fingerprint density at radius 1 is 1.00 bits per heavy atom. The van der Waals surface area contributed by atoms with Gasteiger partial charge in [0, 0.05) is 19.6 Å². The summed E-state index contributed by atoms with van der Waals surface area (Å²) in [6.45, 7) is 7.12. The van der Waals surface area contributed by atoms with E-state index in [0.717, 1.165) is 5.56 Å². The highest BCUT2D eigenvalue weighted by atomic mass is 19.1. The van der Waals surface area contributed by atoms with Crippen molar-refractivity contribution in [2.24, 2.45) is 5.73 Å². The van der Waals surface area contributed by atoms with Crippen LogP contribution >= 0.6 is 0 Å². The number of nitrogens with zero attached hydrogens (tertiary/aromatic N) is 3. The molecule has 0 fully saturated rings. The standard InChI is InChI=1S/C19H29FN6O3/c1-14(2)29-19-25-17(22-7-9-28-11-10-27-8-6-21)24-18(26-19)23-13-15-4-3-5-16(20)12-15/h3-5,12,14H,6-11,13,21H2,1-2H3,(H2,22,23,24,25,26). The maximum Gasteiger partial charge on any atom is 0.323 e. The van der Waals surface area contributed by atoms with Gasteiger partial charge >= 0.3 is 6.01 Å². The van der Waals surface area contributed by atoms with Gasteiger partial charge in [-0.25, -0.2) is 4.39 Å². The summed E-state index contributed by atoms with van der Waals surface area (Å²) in [6.07, 6.45) is -0.0850. The second kappa shape index (κ2) is 12.8. The first-order valence-electron chi connectivity index (χ1n) is 9.57. The lowest BCUT2D eigenvalue weighted by molar-refractivity contribution is 0.0547. The van der Waals surface area contributed by atoms with E-state index in [0.29, 0.717) is 58.0 Å². The highest BCUT2D eigenvalue weighted by molar-refractivity contribution is 5.36. The molecule has 1 aromatic heterocycles. The minimum absolute atomic E-state index is 0.0850. The smallest absolute Gasteiger partial charge is 0.323 e. The second-order valence-corrected chi connectivity index (χ2v) is 6.36. The van der Waals surface area contributed by atoms with Crippen LogP contribution in [0.3, 0.4) is 0 Å². The van der Waals surface area contributed by atoms with Gasteiger partial charge < -0.3 is 30.6 Å². The van der Waals surface area contributed by atoms with Gasteiger partial charge in [0.2, 0.25) is 11.9 Å². The minimum Gasteiger partial charge on any atom is -0.461 e. The van der Waals surface area contributed by atoms with Crippen LogP contribution in [-0.4, -0.2) is 60.6 Å². The molecule has 10 heteroatoms. The second-order valence-electron chi connectivity index (χ2n) is 6.36. The molecule has 9 nitrogen and oxygen atoms in total. The first kappa shape index (κ1) is 22.7. The molecule has 0 saturated carbocycles. The topological polar surface area (TPSA) is 116 Å².